The van der Waals surface area contributed by atoms with E-state index in [-0.39, 0.29) is 30.0 Å². The number of sulfonamides is 1. The third kappa shape index (κ3) is 3.92. The van der Waals surface area contributed by atoms with Gasteiger partial charge in [-0.05, 0) is 38.6 Å². The Bertz CT molecular complexity index is 851. The Kier molecular flexibility index (Phi) is 6.52. The molecule has 1 aromatic rings. The van der Waals surface area contributed by atoms with Gasteiger partial charge in [-0.25, -0.2) is 12.7 Å². The first-order chi connectivity index (χ1) is 12.5. The van der Waals surface area contributed by atoms with Crippen molar-refractivity contribution >= 4 is 34.2 Å². The van der Waals surface area contributed by atoms with Gasteiger partial charge in [0.25, 0.3) is 5.91 Å². The molecule has 2 aliphatic heterocycles. The lowest BCUT2D eigenvalue weighted by Gasteiger charge is -2.28. The Morgan fingerprint density at radius 1 is 1.32 bits per heavy atom. The van der Waals surface area contributed by atoms with Crippen molar-refractivity contribution in [2.24, 2.45) is 11.8 Å². The van der Waals surface area contributed by atoms with Gasteiger partial charge in [0.15, 0.2) is 5.76 Å². The number of hydrogen-bond acceptors (Lipinski definition) is 6. The van der Waals surface area contributed by atoms with Crippen LogP contribution in [-0.4, -0.2) is 73.3 Å². The van der Waals surface area contributed by atoms with Gasteiger partial charge >= 0.3 is 0 Å². The molecule has 158 valence electrons. The summed E-state index contributed by atoms with van der Waals surface area (Å²) in [6, 6.07) is 2.45. The number of carbonyl (C=O) groups excluding carboxylic acids is 2. The number of rotatable bonds is 5. The van der Waals surface area contributed by atoms with Crippen LogP contribution in [0, 0.1) is 11.8 Å². The summed E-state index contributed by atoms with van der Waals surface area (Å²) in [6.07, 6.45) is 1.50. The summed E-state index contributed by atoms with van der Waals surface area (Å²) in [5, 5.41) is 0. The van der Waals surface area contributed by atoms with Crippen LogP contribution in [0.5, 0.6) is 0 Å². The Hall–Kier alpha value is -1.58. The average Bonchev–Trinajstić information content (AvgIpc) is 3.18. The molecule has 0 bridgehead atoms. The van der Waals surface area contributed by atoms with E-state index < -0.39 is 33.9 Å². The molecule has 0 radical (unpaired) electrons. The zero-order valence-electron chi connectivity index (χ0n) is 16.8. The number of furan rings is 1. The van der Waals surface area contributed by atoms with Gasteiger partial charge in [0.1, 0.15) is 5.76 Å². The van der Waals surface area contributed by atoms with Crippen molar-refractivity contribution in [1.29, 1.82) is 0 Å². The summed E-state index contributed by atoms with van der Waals surface area (Å²) in [5.41, 5.74) is 0. The van der Waals surface area contributed by atoms with Gasteiger partial charge < -0.3 is 14.2 Å². The van der Waals surface area contributed by atoms with E-state index in [2.05, 4.69) is 0 Å². The second kappa shape index (κ2) is 8.04. The van der Waals surface area contributed by atoms with Crippen LogP contribution in [0.2, 0.25) is 0 Å². The second-order valence-electron chi connectivity index (χ2n) is 8.02. The molecule has 10 heteroatoms. The van der Waals surface area contributed by atoms with Gasteiger partial charge in [-0.3, -0.25) is 9.59 Å². The number of nitrogens with zero attached hydrogens (tertiary/aromatic N) is 3. The van der Waals surface area contributed by atoms with E-state index in [0.29, 0.717) is 25.3 Å². The van der Waals surface area contributed by atoms with Crippen molar-refractivity contribution in [1.82, 2.24) is 14.1 Å². The molecule has 0 spiro atoms. The highest BCUT2D eigenvalue weighted by Gasteiger charge is 2.58. The predicted molar refractivity (Wildman–Crippen MR) is 107 cm³/mol. The SMILES string of the molecule is CC(C)[C@H]1C(=O)N(S(C)(=O)=O)[C@H]2CCN(C(=O)c3ccc(CN(C)C)o3)[C@H]12.Cl. The topological polar surface area (TPSA) is 91.1 Å². The maximum Gasteiger partial charge on any atom is 0.289 e. The van der Waals surface area contributed by atoms with E-state index in [1.807, 2.05) is 32.8 Å². The number of amides is 2. The van der Waals surface area contributed by atoms with Crippen LogP contribution in [-0.2, 0) is 21.4 Å². The molecular weight excluding hydrogens is 406 g/mol. The third-order valence-corrected chi connectivity index (χ3v) is 6.44. The average molecular weight is 434 g/mol. The van der Waals surface area contributed by atoms with Crippen LogP contribution in [0.15, 0.2) is 16.5 Å². The molecule has 0 N–H and O–H groups in total. The number of halogens is 1. The van der Waals surface area contributed by atoms with Crippen LogP contribution in [0.3, 0.4) is 0 Å². The number of likely N-dealkylation sites (tertiary alicyclic amines) is 1. The van der Waals surface area contributed by atoms with Crippen LogP contribution in [0.4, 0.5) is 0 Å². The fraction of sp³-hybridized carbons (Fsp3) is 0.667. The monoisotopic (exact) mass is 433 g/mol. The minimum absolute atomic E-state index is 0. The first-order valence-electron chi connectivity index (χ1n) is 9.10. The quantitative estimate of drug-likeness (QED) is 0.697. The highest BCUT2D eigenvalue weighted by atomic mass is 35.5. The summed E-state index contributed by atoms with van der Waals surface area (Å²) in [5.74, 6) is -0.410. The molecular formula is C18H28ClN3O5S. The molecule has 1 aromatic heterocycles. The molecule has 2 saturated heterocycles. The molecule has 2 fully saturated rings. The van der Waals surface area contributed by atoms with E-state index in [0.717, 1.165) is 10.6 Å². The molecule has 0 aliphatic carbocycles. The Balaban J connectivity index is 0.00000280. The molecule has 0 unspecified atom stereocenters. The van der Waals surface area contributed by atoms with Gasteiger partial charge in [-0.15, -0.1) is 12.4 Å². The lowest BCUT2D eigenvalue weighted by atomic mass is 9.88. The second-order valence-corrected chi connectivity index (χ2v) is 9.88. The zero-order chi connectivity index (χ0) is 20.1. The van der Waals surface area contributed by atoms with E-state index >= 15 is 0 Å². The highest BCUT2D eigenvalue weighted by molar-refractivity contribution is 7.88. The van der Waals surface area contributed by atoms with Crippen LogP contribution >= 0.6 is 12.4 Å². The number of hydrogen-bond donors (Lipinski definition) is 0. The van der Waals surface area contributed by atoms with Crippen LogP contribution in [0.1, 0.15) is 36.6 Å². The smallest absolute Gasteiger partial charge is 0.289 e. The van der Waals surface area contributed by atoms with E-state index in [1.54, 1.807) is 17.0 Å². The van der Waals surface area contributed by atoms with Crippen LogP contribution < -0.4 is 0 Å². The van der Waals surface area contributed by atoms with Crippen molar-refractivity contribution in [2.75, 3.05) is 26.9 Å². The maximum atomic E-state index is 13.1. The first-order valence-corrected chi connectivity index (χ1v) is 10.9. The summed E-state index contributed by atoms with van der Waals surface area (Å²) >= 11 is 0. The molecule has 3 rings (SSSR count). The Morgan fingerprint density at radius 2 is 1.96 bits per heavy atom. The van der Waals surface area contributed by atoms with Crippen molar-refractivity contribution < 1.29 is 22.4 Å². The molecule has 2 aliphatic rings. The molecule has 0 saturated carbocycles. The standard InChI is InChI=1S/C18H27N3O5S.ClH/c1-11(2)15-16-13(21(18(15)23)27(5,24)25)8-9-20(16)17(22)14-7-6-12(26-14)10-19(3)4;/h6-7,11,13,15-16H,8-10H2,1-5H3;1H/t13-,15+,16-;/m0./s1. The van der Waals surface area contributed by atoms with Gasteiger partial charge in [-0.2, -0.15) is 0 Å². The summed E-state index contributed by atoms with van der Waals surface area (Å²) < 4.78 is 31.1. The van der Waals surface area contributed by atoms with Crippen molar-refractivity contribution in [3.63, 3.8) is 0 Å². The predicted octanol–water partition coefficient (Wildman–Crippen LogP) is 1.42. The van der Waals surface area contributed by atoms with E-state index in [4.69, 9.17) is 4.42 Å². The van der Waals surface area contributed by atoms with E-state index in [1.165, 1.54) is 0 Å². The first kappa shape index (κ1) is 22.7. The summed E-state index contributed by atoms with van der Waals surface area (Å²) in [7, 11) is 0.139. The lowest BCUT2D eigenvalue weighted by Crippen LogP contribution is -2.44. The normalized spacial score (nSPS) is 24.8. The largest absolute Gasteiger partial charge is 0.455 e. The zero-order valence-corrected chi connectivity index (χ0v) is 18.4. The third-order valence-electron chi connectivity index (χ3n) is 5.27. The van der Waals surface area contributed by atoms with E-state index in [9.17, 15) is 18.0 Å². The Morgan fingerprint density at radius 3 is 2.50 bits per heavy atom. The molecule has 28 heavy (non-hydrogen) atoms. The summed E-state index contributed by atoms with van der Waals surface area (Å²) in [6.45, 7) is 4.75. The fourth-order valence-corrected chi connectivity index (χ4v) is 5.47. The minimum Gasteiger partial charge on any atom is -0.455 e. The molecule has 3 atom stereocenters. The molecule has 0 aromatic carbocycles. The minimum atomic E-state index is -3.68. The van der Waals surface area contributed by atoms with Gasteiger partial charge in [0.2, 0.25) is 15.9 Å². The Labute approximate surface area is 172 Å². The fourth-order valence-electron chi connectivity index (χ4n) is 4.30. The molecule has 8 nitrogen and oxygen atoms in total. The summed E-state index contributed by atoms with van der Waals surface area (Å²) in [4.78, 5) is 29.4. The van der Waals surface area contributed by atoms with Gasteiger partial charge in [-0.1, -0.05) is 13.8 Å². The number of carbonyl (C=O) groups is 2. The van der Waals surface area contributed by atoms with Gasteiger partial charge in [0, 0.05) is 6.54 Å². The maximum absolute atomic E-state index is 13.1. The number of fused-ring (bicyclic) bond motifs is 1. The van der Waals surface area contributed by atoms with Gasteiger partial charge in [0.05, 0.1) is 30.8 Å². The lowest BCUT2D eigenvalue weighted by molar-refractivity contribution is -0.129. The molecule has 2 amide bonds. The highest BCUT2D eigenvalue weighted by Crippen LogP contribution is 2.41. The van der Waals surface area contributed by atoms with Crippen molar-refractivity contribution in [3.05, 3.63) is 23.7 Å². The molecule has 3 heterocycles. The van der Waals surface area contributed by atoms with Crippen LogP contribution in [0.25, 0.3) is 0 Å². The van der Waals surface area contributed by atoms with Crippen molar-refractivity contribution in [3.8, 4) is 0 Å². The van der Waals surface area contributed by atoms with Crippen molar-refractivity contribution in [2.45, 2.75) is 38.9 Å².